The maximum Gasteiger partial charge on any atom is 0.317 e. The van der Waals surface area contributed by atoms with Gasteiger partial charge in [-0.05, 0) is 31.1 Å². The van der Waals surface area contributed by atoms with Crippen molar-refractivity contribution in [2.24, 2.45) is 17.8 Å². The number of hydrogen-bond donors (Lipinski definition) is 2. The Kier molecular flexibility index (Phi) is 4.32. The molecule has 0 radical (unpaired) electrons. The van der Waals surface area contributed by atoms with Gasteiger partial charge in [-0.1, -0.05) is 20.3 Å². The second-order valence-corrected chi connectivity index (χ2v) is 6.12. The van der Waals surface area contributed by atoms with Crippen LogP contribution < -0.4 is 5.32 Å². The van der Waals surface area contributed by atoms with Gasteiger partial charge in [-0.15, -0.1) is 0 Å². The lowest BCUT2D eigenvalue weighted by Crippen LogP contribution is -2.50. The number of rotatable bonds is 4. The number of aliphatic carboxylic acids is 1. The standard InChI is InChI=1S/C14H24N2O3/c1-3-4-10-6-12(10)15-14(19)16-7-9(2)5-11(8-16)13(17)18/h9-12H,3-8H2,1-2H3,(H,15,19)(H,17,18)/t9?,10-,11?,12-/m1/s1. The summed E-state index contributed by atoms with van der Waals surface area (Å²) in [7, 11) is 0. The first kappa shape index (κ1) is 14.2. The molecule has 0 bridgehead atoms. The molecule has 2 rings (SSSR count). The number of carbonyl (C=O) groups excluding carboxylic acids is 1. The summed E-state index contributed by atoms with van der Waals surface area (Å²) in [5.41, 5.74) is 0. The van der Waals surface area contributed by atoms with Gasteiger partial charge in [0.2, 0.25) is 0 Å². The van der Waals surface area contributed by atoms with Gasteiger partial charge in [-0.3, -0.25) is 4.79 Å². The highest BCUT2D eigenvalue weighted by Crippen LogP contribution is 2.34. The minimum atomic E-state index is -0.792. The third-order valence-corrected chi connectivity index (χ3v) is 4.19. The van der Waals surface area contributed by atoms with E-state index in [2.05, 4.69) is 12.2 Å². The lowest BCUT2D eigenvalue weighted by Gasteiger charge is -2.34. The molecule has 108 valence electrons. The molecule has 0 aromatic heterocycles. The number of nitrogens with zero attached hydrogens (tertiary/aromatic N) is 1. The first-order valence-electron chi connectivity index (χ1n) is 7.29. The Morgan fingerprint density at radius 1 is 1.32 bits per heavy atom. The van der Waals surface area contributed by atoms with Gasteiger partial charge in [0.25, 0.3) is 0 Å². The molecular formula is C14H24N2O3. The van der Waals surface area contributed by atoms with Crippen LogP contribution in [0.5, 0.6) is 0 Å². The van der Waals surface area contributed by atoms with Crippen molar-refractivity contribution in [3.8, 4) is 0 Å². The predicted molar refractivity (Wildman–Crippen MR) is 71.8 cm³/mol. The molecule has 0 spiro atoms. The van der Waals surface area contributed by atoms with Crippen LogP contribution >= 0.6 is 0 Å². The van der Waals surface area contributed by atoms with E-state index in [-0.39, 0.29) is 11.9 Å². The van der Waals surface area contributed by atoms with Gasteiger partial charge in [0.1, 0.15) is 0 Å². The maximum atomic E-state index is 12.1. The average molecular weight is 268 g/mol. The monoisotopic (exact) mass is 268 g/mol. The lowest BCUT2D eigenvalue weighted by atomic mass is 9.91. The summed E-state index contributed by atoms with van der Waals surface area (Å²) < 4.78 is 0. The van der Waals surface area contributed by atoms with Crippen molar-refractivity contribution in [3.63, 3.8) is 0 Å². The Morgan fingerprint density at radius 3 is 2.68 bits per heavy atom. The molecule has 1 saturated carbocycles. The van der Waals surface area contributed by atoms with Crippen LogP contribution in [0.15, 0.2) is 0 Å². The largest absolute Gasteiger partial charge is 0.481 e. The number of carbonyl (C=O) groups is 2. The van der Waals surface area contributed by atoms with Crippen LogP contribution in [0.2, 0.25) is 0 Å². The zero-order valence-electron chi connectivity index (χ0n) is 11.8. The topological polar surface area (TPSA) is 69.6 Å². The number of hydrogen-bond acceptors (Lipinski definition) is 2. The third kappa shape index (κ3) is 3.61. The zero-order chi connectivity index (χ0) is 14.0. The number of amides is 2. The summed E-state index contributed by atoms with van der Waals surface area (Å²) in [6.45, 7) is 5.17. The van der Waals surface area contributed by atoms with Gasteiger partial charge in [-0.2, -0.15) is 0 Å². The van der Waals surface area contributed by atoms with Crippen molar-refractivity contribution in [2.45, 2.75) is 45.6 Å². The normalized spacial score (nSPS) is 33.9. The summed E-state index contributed by atoms with van der Waals surface area (Å²) in [5.74, 6) is -0.322. The van der Waals surface area contributed by atoms with E-state index >= 15 is 0 Å². The third-order valence-electron chi connectivity index (χ3n) is 4.19. The fraction of sp³-hybridized carbons (Fsp3) is 0.857. The van der Waals surface area contributed by atoms with Crippen molar-refractivity contribution in [1.82, 2.24) is 10.2 Å². The molecule has 1 aliphatic heterocycles. The highest BCUT2D eigenvalue weighted by molar-refractivity contribution is 5.77. The highest BCUT2D eigenvalue weighted by Gasteiger charge is 2.39. The number of carboxylic acid groups (broad SMARTS) is 1. The summed E-state index contributed by atoms with van der Waals surface area (Å²) in [5, 5.41) is 12.1. The first-order valence-corrected chi connectivity index (χ1v) is 7.29. The Bertz CT molecular complexity index is 359. The Labute approximate surface area is 114 Å². The van der Waals surface area contributed by atoms with Crippen molar-refractivity contribution in [2.75, 3.05) is 13.1 Å². The molecule has 1 heterocycles. The van der Waals surface area contributed by atoms with Gasteiger partial charge in [0.15, 0.2) is 0 Å². The van der Waals surface area contributed by atoms with Gasteiger partial charge >= 0.3 is 12.0 Å². The molecule has 2 aliphatic rings. The second-order valence-electron chi connectivity index (χ2n) is 6.12. The summed E-state index contributed by atoms with van der Waals surface area (Å²) in [4.78, 5) is 24.9. The highest BCUT2D eigenvalue weighted by atomic mass is 16.4. The minimum absolute atomic E-state index is 0.0820. The molecule has 2 N–H and O–H groups in total. The second kappa shape index (κ2) is 5.80. The number of piperidine rings is 1. The Morgan fingerprint density at radius 2 is 2.05 bits per heavy atom. The molecule has 2 amide bonds. The Hall–Kier alpha value is -1.26. The molecule has 1 saturated heterocycles. The Balaban J connectivity index is 1.83. The van der Waals surface area contributed by atoms with Crippen LogP contribution in [0.4, 0.5) is 4.79 Å². The van der Waals surface area contributed by atoms with Crippen LogP contribution in [0.25, 0.3) is 0 Å². The molecule has 19 heavy (non-hydrogen) atoms. The summed E-state index contributed by atoms with van der Waals surface area (Å²) in [6.07, 6.45) is 4.06. The van der Waals surface area contributed by atoms with E-state index in [1.165, 1.54) is 6.42 Å². The van der Waals surface area contributed by atoms with Crippen LogP contribution in [0, 0.1) is 17.8 Å². The van der Waals surface area contributed by atoms with E-state index in [9.17, 15) is 9.59 Å². The first-order chi connectivity index (χ1) is 9.01. The molecule has 5 heteroatoms. The quantitative estimate of drug-likeness (QED) is 0.818. The molecule has 0 aromatic rings. The van der Waals surface area contributed by atoms with Crippen LogP contribution in [-0.4, -0.2) is 41.1 Å². The van der Waals surface area contributed by atoms with Crippen LogP contribution in [0.1, 0.15) is 39.5 Å². The zero-order valence-corrected chi connectivity index (χ0v) is 11.8. The summed E-state index contributed by atoms with van der Waals surface area (Å²) >= 11 is 0. The van der Waals surface area contributed by atoms with E-state index in [0.29, 0.717) is 31.5 Å². The van der Waals surface area contributed by atoms with Gasteiger partial charge < -0.3 is 15.3 Å². The summed E-state index contributed by atoms with van der Waals surface area (Å²) in [6, 6.07) is 0.231. The van der Waals surface area contributed by atoms with Crippen molar-refractivity contribution < 1.29 is 14.7 Å². The van der Waals surface area contributed by atoms with Crippen molar-refractivity contribution >= 4 is 12.0 Å². The number of urea groups is 1. The number of likely N-dealkylation sites (tertiary alicyclic amines) is 1. The van der Waals surface area contributed by atoms with Gasteiger partial charge in [-0.25, -0.2) is 4.79 Å². The number of nitrogens with one attached hydrogen (secondary N) is 1. The van der Waals surface area contributed by atoms with E-state index < -0.39 is 11.9 Å². The van der Waals surface area contributed by atoms with E-state index in [1.807, 2.05) is 6.92 Å². The molecule has 2 fully saturated rings. The molecule has 4 atom stereocenters. The van der Waals surface area contributed by atoms with Crippen molar-refractivity contribution in [3.05, 3.63) is 0 Å². The molecular weight excluding hydrogens is 244 g/mol. The smallest absolute Gasteiger partial charge is 0.317 e. The van der Waals surface area contributed by atoms with E-state index in [4.69, 9.17) is 5.11 Å². The molecule has 1 aliphatic carbocycles. The van der Waals surface area contributed by atoms with Crippen molar-refractivity contribution in [1.29, 1.82) is 0 Å². The van der Waals surface area contributed by atoms with Crippen LogP contribution in [-0.2, 0) is 4.79 Å². The number of carboxylic acids is 1. The lowest BCUT2D eigenvalue weighted by molar-refractivity contribution is -0.143. The SMILES string of the molecule is CCC[C@@H]1C[C@H]1NC(=O)N1CC(C)CC(C(=O)O)C1. The van der Waals surface area contributed by atoms with E-state index in [1.54, 1.807) is 4.90 Å². The minimum Gasteiger partial charge on any atom is -0.481 e. The van der Waals surface area contributed by atoms with Gasteiger partial charge in [0, 0.05) is 19.1 Å². The molecule has 5 nitrogen and oxygen atoms in total. The maximum absolute atomic E-state index is 12.1. The van der Waals surface area contributed by atoms with E-state index in [0.717, 1.165) is 12.8 Å². The molecule has 2 unspecified atom stereocenters. The average Bonchev–Trinajstić information content (AvgIpc) is 3.06. The van der Waals surface area contributed by atoms with Gasteiger partial charge in [0.05, 0.1) is 5.92 Å². The predicted octanol–water partition coefficient (Wildman–Crippen LogP) is 1.93. The fourth-order valence-corrected chi connectivity index (χ4v) is 3.06. The fourth-order valence-electron chi connectivity index (χ4n) is 3.06. The van der Waals surface area contributed by atoms with Crippen LogP contribution in [0.3, 0.4) is 0 Å². The molecule has 0 aromatic carbocycles.